The molecular weight excluding hydrogens is 356 g/mol. The lowest BCUT2D eigenvalue weighted by Crippen LogP contribution is -2.26. The highest BCUT2D eigenvalue weighted by molar-refractivity contribution is 5.95. The predicted molar refractivity (Wildman–Crippen MR) is 107 cm³/mol. The molecule has 1 heterocycles. The van der Waals surface area contributed by atoms with E-state index in [1.54, 1.807) is 13.0 Å². The highest BCUT2D eigenvalue weighted by atomic mass is 16.5. The van der Waals surface area contributed by atoms with Crippen LogP contribution in [0, 0.1) is 6.92 Å². The average molecular weight is 380 g/mol. The third kappa shape index (κ3) is 3.86. The summed E-state index contributed by atoms with van der Waals surface area (Å²) in [5, 5.41) is 10.1. The van der Waals surface area contributed by atoms with Gasteiger partial charge in [-0.2, -0.15) is 0 Å². The van der Waals surface area contributed by atoms with Crippen LogP contribution in [0.5, 0.6) is 5.75 Å². The summed E-state index contributed by atoms with van der Waals surface area (Å²) in [4.78, 5) is 23.2. The maximum atomic E-state index is 11.7. The van der Waals surface area contributed by atoms with Gasteiger partial charge in [-0.15, -0.1) is 0 Å². The fourth-order valence-corrected chi connectivity index (χ4v) is 3.49. The molecule has 1 aromatic heterocycles. The first-order valence-corrected chi connectivity index (χ1v) is 9.24. The van der Waals surface area contributed by atoms with Gasteiger partial charge in [-0.25, -0.2) is 4.79 Å². The van der Waals surface area contributed by atoms with Gasteiger partial charge >= 0.3 is 5.97 Å². The molecule has 28 heavy (non-hydrogen) atoms. The monoisotopic (exact) mass is 380 g/mol. The van der Waals surface area contributed by atoms with Crippen LogP contribution in [0.25, 0.3) is 10.9 Å². The van der Waals surface area contributed by atoms with Crippen LogP contribution in [0.3, 0.4) is 0 Å². The minimum absolute atomic E-state index is 0.0638. The van der Waals surface area contributed by atoms with Crippen molar-refractivity contribution in [3.63, 3.8) is 0 Å². The highest BCUT2D eigenvalue weighted by Crippen LogP contribution is 2.35. The number of carbonyl (C=O) groups excluding carboxylic acids is 1. The number of aromatic nitrogens is 1. The molecule has 0 saturated heterocycles. The van der Waals surface area contributed by atoms with E-state index in [0.717, 1.165) is 27.7 Å². The number of nitrogens with zero attached hydrogens (tertiary/aromatic N) is 1. The van der Waals surface area contributed by atoms with E-state index in [1.165, 1.54) is 0 Å². The highest BCUT2D eigenvalue weighted by Gasteiger charge is 2.23. The van der Waals surface area contributed by atoms with Crippen molar-refractivity contribution >= 4 is 22.8 Å². The quantitative estimate of drug-likeness (QED) is 0.627. The largest absolute Gasteiger partial charge is 0.479 e. The number of benzene rings is 2. The lowest BCUT2D eigenvalue weighted by Gasteiger charge is -2.15. The number of hydrogen-bond acceptors (Lipinski definition) is 3. The van der Waals surface area contributed by atoms with Crippen LogP contribution in [0.2, 0.25) is 0 Å². The Morgan fingerprint density at radius 1 is 1.14 bits per heavy atom. The van der Waals surface area contributed by atoms with Gasteiger partial charge < -0.3 is 20.1 Å². The van der Waals surface area contributed by atoms with Crippen LogP contribution < -0.4 is 10.5 Å². The standard InChI is InChI=1S/C22H24N2O4/c1-3-18(22(26)27)28-19-11-7-10-17-21(19)16(12-20(23)25)14(2)24(17)13-15-8-5-4-6-9-15/h4-11,18H,3,12-13H2,1-2H3,(H2,23,25)(H,26,27). The van der Waals surface area contributed by atoms with Gasteiger partial charge in [-0.3, -0.25) is 4.79 Å². The van der Waals surface area contributed by atoms with E-state index in [4.69, 9.17) is 10.5 Å². The molecule has 0 bridgehead atoms. The minimum Gasteiger partial charge on any atom is -0.479 e. The number of amides is 1. The Labute approximate surface area is 163 Å². The van der Waals surface area contributed by atoms with E-state index in [1.807, 2.05) is 49.4 Å². The molecule has 0 spiro atoms. The Kier molecular flexibility index (Phi) is 5.68. The van der Waals surface area contributed by atoms with Gasteiger partial charge in [0, 0.05) is 17.6 Å². The number of hydrogen-bond donors (Lipinski definition) is 2. The van der Waals surface area contributed by atoms with Crippen molar-refractivity contribution in [3.8, 4) is 5.75 Å². The molecule has 0 radical (unpaired) electrons. The Morgan fingerprint density at radius 2 is 1.86 bits per heavy atom. The van der Waals surface area contributed by atoms with Gasteiger partial charge in [-0.1, -0.05) is 43.3 Å². The van der Waals surface area contributed by atoms with E-state index in [9.17, 15) is 14.7 Å². The molecule has 0 saturated carbocycles. The summed E-state index contributed by atoms with van der Waals surface area (Å²) >= 11 is 0. The number of carboxylic acid groups (broad SMARTS) is 1. The lowest BCUT2D eigenvalue weighted by atomic mass is 10.1. The van der Waals surface area contributed by atoms with E-state index in [2.05, 4.69) is 4.57 Å². The van der Waals surface area contributed by atoms with E-state index in [-0.39, 0.29) is 6.42 Å². The second kappa shape index (κ2) is 8.17. The van der Waals surface area contributed by atoms with Crippen molar-refractivity contribution in [2.45, 2.75) is 39.3 Å². The SMILES string of the molecule is CCC(Oc1cccc2c1c(CC(N)=O)c(C)n2Cc1ccccc1)C(=O)O. The molecule has 0 aliphatic rings. The van der Waals surface area contributed by atoms with Crippen LogP contribution in [0.1, 0.15) is 30.2 Å². The van der Waals surface area contributed by atoms with Crippen molar-refractivity contribution in [3.05, 3.63) is 65.4 Å². The van der Waals surface area contributed by atoms with Crippen molar-refractivity contribution in [2.75, 3.05) is 0 Å². The molecule has 6 nitrogen and oxygen atoms in total. The summed E-state index contributed by atoms with van der Waals surface area (Å²) in [6, 6.07) is 15.5. The number of aliphatic carboxylic acids is 1. The zero-order valence-electron chi connectivity index (χ0n) is 16.0. The average Bonchev–Trinajstić information content (AvgIpc) is 2.92. The molecule has 0 fully saturated rings. The van der Waals surface area contributed by atoms with E-state index >= 15 is 0 Å². The van der Waals surface area contributed by atoms with E-state index in [0.29, 0.717) is 18.7 Å². The summed E-state index contributed by atoms with van der Waals surface area (Å²) in [6.07, 6.45) is -0.556. The number of primary amides is 1. The van der Waals surface area contributed by atoms with Crippen LogP contribution >= 0.6 is 0 Å². The van der Waals surface area contributed by atoms with Crippen molar-refractivity contribution < 1.29 is 19.4 Å². The van der Waals surface area contributed by atoms with Crippen LogP contribution in [0.15, 0.2) is 48.5 Å². The molecule has 1 unspecified atom stereocenters. The predicted octanol–water partition coefficient (Wildman–Crippen LogP) is 3.27. The molecule has 6 heteroatoms. The fraction of sp³-hybridized carbons (Fsp3) is 0.273. The summed E-state index contributed by atoms with van der Waals surface area (Å²) < 4.78 is 7.92. The first kappa shape index (κ1) is 19.5. The molecule has 0 aliphatic heterocycles. The first-order chi connectivity index (χ1) is 13.4. The second-order valence-corrected chi connectivity index (χ2v) is 6.78. The second-order valence-electron chi connectivity index (χ2n) is 6.78. The number of rotatable bonds is 8. The summed E-state index contributed by atoms with van der Waals surface area (Å²) in [5.41, 5.74) is 9.18. The minimum atomic E-state index is -1.02. The topological polar surface area (TPSA) is 94.5 Å². The normalized spacial score (nSPS) is 12.1. The van der Waals surface area contributed by atoms with Gasteiger partial charge in [0.25, 0.3) is 0 Å². The van der Waals surface area contributed by atoms with Crippen molar-refractivity contribution in [2.24, 2.45) is 5.73 Å². The van der Waals surface area contributed by atoms with E-state index < -0.39 is 18.0 Å². The summed E-state index contributed by atoms with van der Waals surface area (Å²) in [6.45, 7) is 4.33. The Morgan fingerprint density at radius 3 is 2.46 bits per heavy atom. The maximum absolute atomic E-state index is 11.7. The van der Waals surface area contributed by atoms with Crippen molar-refractivity contribution in [1.82, 2.24) is 4.57 Å². The molecule has 1 amide bonds. The smallest absolute Gasteiger partial charge is 0.344 e. The third-order valence-corrected chi connectivity index (χ3v) is 4.89. The Bertz CT molecular complexity index is 1010. The number of nitrogens with two attached hydrogens (primary N) is 1. The first-order valence-electron chi connectivity index (χ1n) is 9.24. The van der Waals surface area contributed by atoms with Gasteiger partial charge in [0.2, 0.25) is 5.91 Å². The Hall–Kier alpha value is -3.28. The molecular formula is C22H24N2O4. The summed E-state index contributed by atoms with van der Waals surface area (Å²) in [5.74, 6) is -1.00. The number of carboxylic acids is 1. The van der Waals surface area contributed by atoms with Crippen LogP contribution in [-0.2, 0) is 22.6 Å². The van der Waals surface area contributed by atoms with Crippen LogP contribution in [-0.4, -0.2) is 27.7 Å². The molecule has 3 aromatic rings. The number of fused-ring (bicyclic) bond motifs is 1. The molecule has 1 atom stereocenters. The zero-order valence-corrected chi connectivity index (χ0v) is 16.0. The zero-order chi connectivity index (χ0) is 20.3. The van der Waals surface area contributed by atoms with Gasteiger partial charge in [-0.05, 0) is 36.6 Å². The molecule has 2 aromatic carbocycles. The van der Waals surface area contributed by atoms with Gasteiger partial charge in [0.15, 0.2) is 6.10 Å². The van der Waals surface area contributed by atoms with Gasteiger partial charge in [0.1, 0.15) is 5.75 Å². The number of carbonyl (C=O) groups is 2. The van der Waals surface area contributed by atoms with Crippen LogP contribution in [0.4, 0.5) is 0 Å². The molecule has 0 aliphatic carbocycles. The fourth-order valence-electron chi connectivity index (χ4n) is 3.49. The third-order valence-electron chi connectivity index (χ3n) is 4.89. The van der Waals surface area contributed by atoms with Crippen molar-refractivity contribution in [1.29, 1.82) is 0 Å². The maximum Gasteiger partial charge on any atom is 0.344 e. The Balaban J connectivity index is 2.17. The number of ether oxygens (including phenoxy) is 1. The summed E-state index contributed by atoms with van der Waals surface area (Å²) in [7, 11) is 0. The molecule has 3 N–H and O–H groups in total. The lowest BCUT2D eigenvalue weighted by molar-refractivity contribution is -0.145. The molecule has 146 valence electrons. The van der Waals surface area contributed by atoms with Gasteiger partial charge in [0.05, 0.1) is 11.9 Å². The molecule has 3 rings (SSSR count).